The SMILES string of the molecule is CCCCCCCCCCCCCCCCCCOP(=O)(OCCCCCCCCCCCCCCCCCC)OP(=O)(O)OP(=O)(O)O.[AlH3]. The van der Waals surface area contributed by atoms with Crippen molar-refractivity contribution in [2.24, 2.45) is 0 Å². The third kappa shape index (κ3) is 40.1. The summed E-state index contributed by atoms with van der Waals surface area (Å²) in [5.74, 6) is 0. The van der Waals surface area contributed by atoms with Gasteiger partial charge in [-0.15, -0.1) is 0 Å². The maximum atomic E-state index is 13.1. The van der Waals surface area contributed by atoms with Crippen LogP contribution >= 0.6 is 23.5 Å². The second-order valence-electron chi connectivity index (χ2n) is 13.8. The van der Waals surface area contributed by atoms with E-state index in [1.807, 2.05) is 0 Å². The zero-order valence-corrected chi connectivity index (χ0v) is 34.3. The van der Waals surface area contributed by atoms with Crippen molar-refractivity contribution in [3.63, 3.8) is 0 Å². The van der Waals surface area contributed by atoms with E-state index >= 15 is 0 Å². The summed E-state index contributed by atoms with van der Waals surface area (Å²) in [6, 6.07) is 0. The summed E-state index contributed by atoms with van der Waals surface area (Å²) in [5.41, 5.74) is 0. The van der Waals surface area contributed by atoms with E-state index in [4.69, 9.17) is 18.8 Å². The van der Waals surface area contributed by atoms with E-state index in [1.165, 1.54) is 154 Å². The van der Waals surface area contributed by atoms with Gasteiger partial charge in [-0.3, -0.25) is 9.05 Å². The normalized spacial score (nSPS) is 13.4. The highest BCUT2D eigenvalue weighted by molar-refractivity contribution is 7.66. The quantitative estimate of drug-likeness (QED) is 0.0311. The maximum absolute atomic E-state index is 13.1. The predicted octanol–water partition coefficient (Wildman–Crippen LogP) is 12.7. The zero-order chi connectivity index (χ0) is 36.4. The fourth-order valence-corrected chi connectivity index (χ4v) is 9.64. The topological polar surface area (TPSA) is 149 Å². The molecule has 0 saturated carbocycles. The molecule has 3 N–H and O–H groups in total. The number of hydrogen-bond acceptors (Lipinski definition) is 7. The van der Waals surface area contributed by atoms with Crippen LogP contribution in [0.4, 0.5) is 0 Å². The van der Waals surface area contributed by atoms with Crippen molar-refractivity contribution in [1.29, 1.82) is 0 Å². The first kappa shape index (κ1) is 53.0. The Kier molecular flexibility index (Phi) is 39.1. The van der Waals surface area contributed by atoms with Gasteiger partial charge >= 0.3 is 23.5 Å². The fraction of sp³-hybridized carbons (Fsp3) is 1.00. The molecule has 14 heteroatoms. The summed E-state index contributed by atoms with van der Waals surface area (Å²) >= 11 is 0. The molecule has 0 spiro atoms. The van der Waals surface area contributed by atoms with Crippen molar-refractivity contribution in [2.45, 2.75) is 219 Å². The lowest BCUT2D eigenvalue weighted by Crippen LogP contribution is -2.03. The molecule has 0 rings (SSSR count). The van der Waals surface area contributed by atoms with E-state index < -0.39 is 23.5 Å². The van der Waals surface area contributed by atoms with Crippen molar-refractivity contribution >= 4 is 40.8 Å². The molecule has 0 aliphatic heterocycles. The Balaban J connectivity index is 0. The summed E-state index contributed by atoms with van der Waals surface area (Å²) in [6.07, 6.45) is 38.5. The number of unbranched alkanes of at least 4 members (excludes halogenated alkanes) is 30. The van der Waals surface area contributed by atoms with E-state index in [0.717, 1.165) is 38.5 Å². The van der Waals surface area contributed by atoms with Gasteiger partial charge < -0.3 is 14.7 Å². The first-order valence-corrected chi connectivity index (χ1v) is 24.7. The molecule has 0 aromatic carbocycles. The summed E-state index contributed by atoms with van der Waals surface area (Å²) < 4.78 is 55.2. The van der Waals surface area contributed by atoms with E-state index in [9.17, 15) is 18.6 Å². The molecule has 1 unspecified atom stereocenters. The summed E-state index contributed by atoms with van der Waals surface area (Å²) in [4.78, 5) is 27.6. The van der Waals surface area contributed by atoms with Gasteiger partial charge in [-0.1, -0.05) is 206 Å². The molecule has 302 valence electrons. The highest BCUT2D eigenvalue weighted by atomic mass is 31.3. The Morgan fingerprint density at radius 3 is 0.800 bits per heavy atom. The molecule has 0 amide bonds. The molecule has 0 aromatic heterocycles. The van der Waals surface area contributed by atoms with Crippen LogP contribution in [-0.4, -0.2) is 45.3 Å². The van der Waals surface area contributed by atoms with Crippen molar-refractivity contribution in [1.82, 2.24) is 0 Å². The monoisotopic (exact) mass is 792 g/mol. The van der Waals surface area contributed by atoms with Crippen LogP contribution in [0.15, 0.2) is 0 Å². The molecular weight excluding hydrogens is 712 g/mol. The molecule has 0 saturated heterocycles. The third-order valence-electron chi connectivity index (χ3n) is 8.91. The van der Waals surface area contributed by atoms with Gasteiger partial charge in [-0.25, -0.2) is 13.7 Å². The lowest BCUT2D eigenvalue weighted by atomic mass is 10.0. The molecule has 0 aromatic rings. The molecule has 0 radical (unpaired) electrons. The Morgan fingerprint density at radius 2 is 0.580 bits per heavy atom. The van der Waals surface area contributed by atoms with Crippen LogP contribution < -0.4 is 0 Å². The van der Waals surface area contributed by atoms with E-state index in [1.54, 1.807) is 0 Å². The van der Waals surface area contributed by atoms with E-state index in [0.29, 0.717) is 12.8 Å². The largest absolute Gasteiger partial charge is 0.490 e. The number of phosphoric acid groups is 3. The van der Waals surface area contributed by atoms with Gasteiger partial charge in [0.05, 0.1) is 13.2 Å². The number of hydrogen-bond donors (Lipinski definition) is 3. The summed E-state index contributed by atoms with van der Waals surface area (Å²) in [7, 11) is -15.4. The standard InChI is InChI=1S/C36H77O10P3.Al.3H/c1-3-5-7-9-11-13-15-17-19-21-23-25-27-29-31-33-35-43-49(42,46-48(40,41)45-47(37,38)39)44-36-34-32-30-28-26-24-22-20-18-16-14-12-10-8-6-4-2;;;;/h3-36H2,1-2H3,(H,40,41)(H2,37,38,39);;;;. The highest BCUT2D eigenvalue weighted by Gasteiger charge is 2.42. The molecule has 10 nitrogen and oxygen atoms in total. The zero-order valence-electron chi connectivity index (χ0n) is 31.6. The van der Waals surface area contributed by atoms with Crippen molar-refractivity contribution in [3.05, 3.63) is 0 Å². The number of phosphoric ester groups is 1. The predicted molar refractivity (Wildman–Crippen MR) is 213 cm³/mol. The van der Waals surface area contributed by atoms with E-state index in [2.05, 4.69) is 22.5 Å². The Labute approximate surface area is 318 Å². The molecular formula is C36H80AlO10P3. The minimum atomic E-state index is -5.40. The van der Waals surface area contributed by atoms with Gasteiger partial charge in [0, 0.05) is 0 Å². The van der Waals surface area contributed by atoms with Crippen LogP contribution in [0.1, 0.15) is 219 Å². The Bertz CT molecular complexity index is 820. The summed E-state index contributed by atoms with van der Waals surface area (Å²) in [5, 5.41) is 0. The molecule has 0 heterocycles. The summed E-state index contributed by atoms with van der Waals surface area (Å²) in [6.45, 7) is 4.43. The van der Waals surface area contributed by atoms with Gasteiger partial charge in [0.15, 0.2) is 17.4 Å². The van der Waals surface area contributed by atoms with Crippen LogP contribution in [0.3, 0.4) is 0 Å². The van der Waals surface area contributed by atoms with Crippen molar-refractivity contribution < 1.29 is 46.0 Å². The van der Waals surface area contributed by atoms with Crippen molar-refractivity contribution in [3.8, 4) is 0 Å². The molecule has 0 aliphatic carbocycles. The highest BCUT2D eigenvalue weighted by Crippen LogP contribution is 2.68. The minimum Gasteiger partial charge on any atom is -0.302 e. The van der Waals surface area contributed by atoms with Gasteiger partial charge in [-0.05, 0) is 12.8 Å². The number of rotatable bonds is 40. The van der Waals surface area contributed by atoms with Gasteiger partial charge in [0.2, 0.25) is 0 Å². The van der Waals surface area contributed by atoms with Gasteiger partial charge in [0.1, 0.15) is 0 Å². The molecule has 0 aliphatic rings. The van der Waals surface area contributed by atoms with Crippen LogP contribution in [0.25, 0.3) is 0 Å². The smallest absolute Gasteiger partial charge is 0.302 e. The van der Waals surface area contributed by atoms with E-state index in [-0.39, 0.29) is 30.6 Å². The fourth-order valence-electron chi connectivity index (χ4n) is 6.01. The van der Waals surface area contributed by atoms with Crippen molar-refractivity contribution in [2.75, 3.05) is 13.2 Å². The second kappa shape index (κ2) is 36.9. The first-order valence-electron chi connectivity index (χ1n) is 20.2. The molecule has 1 atom stereocenters. The second-order valence-corrected chi connectivity index (χ2v) is 18.5. The Hall–Kier alpha value is 0.942. The van der Waals surface area contributed by atoms with Crippen LogP contribution in [-0.2, 0) is 31.4 Å². The third-order valence-corrected chi connectivity index (χ3v) is 13.2. The lowest BCUT2D eigenvalue weighted by molar-refractivity contribution is 0.134. The minimum absolute atomic E-state index is 0. The average Bonchev–Trinajstić information content (AvgIpc) is 3.02. The van der Waals surface area contributed by atoms with Gasteiger partial charge in [-0.2, -0.15) is 8.62 Å². The first-order chi connectivity index (χ1) is 23.5. The van der Waals surface area contributed by atoms with Crippen LogP contribution in [0, 0.1) is 0 Å². The van der Waals surface area contributed by atoms with Crippen LogP contribution in [0.5, 0.6) is 0 Å². The lowest BCUT2D eigenvalue weighted by Gasteiger charge is -2.20. The molecule has 0 fully saturated rings. The average molecular weight is 793 g/mol. The van der Waals surface area contributed by atoms with Crippen LogP contribution in [0.2, 0.25) is 0 Å². The van der Waals surface area contributed by atoms with Gasteiger partial charge in [0.25, 0.3) is 0 Å². The molecule has 0 bridgehead atoms. The Morgan fingerprint density at radius 1 is 0.360 bits per heavy atom. The molecule has 50 heavy (non-hydrogen) atoms. The maximum Gasteiger partial charge on any atom is 0.490 e.